The van der Waals surface area contributed by atoms with Crippen LogP contribution >= 0.6 is 0 Å². The van der Waals surface area contributed by atoms with Crippen LogP contribution in [0.3, 0.4) is 0 Å². The van der Waals surface area contributed by atoms with E-state index in [4.69, 9.17) is 4.98 Å². The first-order valence-corrected chi connectivity index (χ1v) is 16.8. The van der Waals surface area contributed by atoms with E-state index in [0.717, 1.165) is 28.2 Å². The molecule has 0 fully saturated rings. The molecule has 0 amide bonds. The van der Waals surface area contributed by atoms with Crippen LogP contribution in [0.4, 0.5) is 17.1 Å². The molecule has 49 heavy (non-hydrogen) atoms. The van der Waals surface area contributed by atoms with Crippen LogP contribution in [0.5, 0.6) is 0 Å². The van der Waals surface area contributed by atoms with E-state index in [-0.39, 0.29) is 0 Å². The van der Waals surface area contributed by atoms with Crippen LogP contribution in [-0.2, 0) is 0 Å². The summed E-state index contributed by atoms with van der Waals surface area (Å²) in [4.78, 5) is 7.73. The molecule has 0 saturated heterocycles. The molecule has 12 rings (SSSR count). The number of benzene rings is 7. The second-order valence-electron chi connectivity index (χ2n) is 13.2. The average molecular weight is 623 g/mol. The number of para-hydroxylation sites is 5. The Kier molecular flexibility index (Phi) is 4.69. The van der Waals surface area contributed by atoms with E-state index in [1.165, 1.54) is 75.9 Å². The van der Waals surface area contributed by atoms with Crippen LogP contribution in [0.15, 0.2) is 158 Å². The van der Waals surface area contributed by atoms with Gasteiger partial charge in [-0.15, -0.1) is 0 Å². The van der Waals surface area contributed by atoms with Crippen molar-refractivity contribution >= 4 is 104 Å². The topological polar surface area (TPSA) is 24.9 Å². The zero-order chi connectivity index (χ0) is 31.8. The molecule has 0 spiro atoms. The average Bonchev–Trinajstić information content (AvgIpc) is 3.88. The highest BCUT2D eigenvalue weighted by Crippen LogP contribution is 2.49. The Morgan fingerprint density at radius 1 is 0.408 bits per heavy atom. The smallest absolute Gasteiger partial charge is 0.146 e. The summed E-state index contributed by atoms with van der Waals surface area (Å²) in [5.41, 5.74) is 10.4. The number of hydrogen-bond donors (Lipinski definition) is 0. The van der Waals surface area contributed by atoms with Crippen molar-refractivity contribution in [1.82, 2.24) is 13.8 Å². The van der Waals surface area contributed by atoms with Crippen LogP contribution < -0.4 is 4.90 Å². The molecular formula is C45H26N4. The Labute approximate surface area is 279 Å². The van der Waals surface area contributed by atoms with Gasteiger partial charge in [0.15, 0.2) is 0 Å². The van der Waals surface area contributed by atoms with Gasteiger partial charge in [0.05, 0.1) is 39.5 Å². The van der Waals surface area contributed by atoms with Crippen molar-refractivity contribution < 1.29 is 0 Å². The summed E-state index contributed by atoms with van der Waals surface area (Å²) < 4.78 is 4.89. The lowest BCUT2D eigenvalue weighted by Gasteiger charge is -2.26. The van der Waals surface area contributed by atoms with E-state index >= 15 is 0 Å². The van der Waals surface area contributed by atoms with Gasteiger partial charge in [0.1, 0.15) is 5.65 Å². The van der Waals surface area contributed by atoms with Gasteiger partial charge >= 0.3 is 0 Å². The molecule has 0 unspecified atom stereocenters. The Morgan fingerprint density at radius 2 is 0.959 bits per heavy atom. The summed E-state index contributed by atoms with van der Waals surface area (Å²) in [6, 6.07) is 55.0. The lowest BCUT2D eigenvalue weighted by molar-refractivity contribution is 1.25. The summed E-state index contributed by atoms with van der Waals surface area (Å²) in [7, 11) is 0. The molecule has 12 aromatic rings. The molecule has 226 valence electrons. The molecule has 4 heteroatoms. The number of anilines is 3. The maximum Gasteiger partial charge on any atom is 0.146 e. The molecule has 0 saturated carbocycles. The fraction of sp³-hybridized carbons (Fsp3) is 0. The summed E-state index contributed by atoms with van der Waals surface area (Å²) in [5, 5.41) is 12.5. The van der Waals surface area contributed by atoms with Crippen LogP contribution in [0, 0.1) is 0 Å². The molecule has 5 heterocycles. The van der Waals surface area contributed by atoms with Crippen molar-refractivity contribution in [2.24, 2.45) is 0 Å². The first-order chi connectivity index (χ1) is 24.3. The fourth-order valence-electron chi connectivity index (χ4n) is 8.83. The standard InChI is InChI=1S/C45H26N4/c1-3-14-29(15-4-1)47(30-16-5-2-6-17-30)37-23-11-20-32-31-18-9-21-34-40-39(48(42(31)34)44(32)37)26-46-45-41(40)35-22-10-19-33-36-24-27-12-7-8-13-28(27)25-38(36)49(45)43(33)35/h1-26H. The SMILES string of the molecule is c1ccc(N(c2ccccc2)c2cccc3c4cccc5c6c7c8cccc9c%10cc%11ccccc%11cc%10n(c7ncc6n(c23)c45)c98)cc1. The molecule has 0 bridgehead atoms. The number of aromatic nitrogens is 3. The first-order valence-electron chi connectivity index (χ1n) is 16.8. The summed E-state index contributed by atoms with van der Waals surface area (Å²) in [6.07, 6.45) is 2.11. The minimum Gasteiger partial charge on any atom is -0.308 e. The van der Waals surface area contributed by atoms with E-state index in [2.05, 4.69) is 172 Å². The third-order valence-corrected chi connectivity index (χ3v) is 10.7. The van der Waals surface area contributed by atoms with Crippen LogP contribution in [0.1, 0.15) is 0 Å². The Morgan fingerprint density at radius 3 is 1.67 bits per heavy atom. The van der Waals surface area contributed by atoms with Gasteiger partial charge in [0.25, 0.3) is 0 Å². The second-order valence-corrected chi connectivity index (χ2v) is 13.2. The highest BCUT2D eigenvalue weighted by atomic mass is 15.2. The van der Waals surface area contributed by atoms with Crippen molar-refractivity contribution in [3.63, 3.8) is 0 Å². The van der Waals surface area contributed by atoms with Gasteiger partial charge in [0, 0.05) is 54.5 Å². The van der Waals surface area contributed by atoms with Crippen LogP contribution in [-0.4, -0.2) is 13.8 Å². The zero-order valence-corrected chi connectivity index (χ0v) is 26.3. The lowest BCUT2D eigenvalue weighted by atomic mass is 10.0. The van der Waals surface area contributed by atoms with Gasteiger partial charge in [0.2, 0.25) is 0 Å². The van der Waals surface area contributed by atoms with E-state index in [1.54, 1.807) is 0 Å². The molecule has 4 nitrogen and oxygen atoms in total. The number of pyridine rings is 1. The van der Waals surface area contributed by atoms with Crippen molar-refractivity contribution in [2.75, 3.05) is 4.90 Å². The van der Waals surface area contributed by atoms with Crippen LogP contribution in [0.25, 0.3) is 87.1 Å². The summed E-state index contributed by atoms with van der Waals surface area (Å²) in [6.45, 7) is 0. The predicted molar refractivity (Wildman–Crippen MR) is 206 cm³/mol. The molecule has 7 aromatic carbocycles. The monoisotopic (exact) mass is 622 g/mol. The third kappa shape index (κ3) is 3.12. The van der Waals surface area contributed by atoms with E-state index in [9.17, 15) is 0 Å². The molecule has 0 atom stereocenters. The largest absolute Gasteiger partial charge is 0.308 e. The number of nitrogens with zero attached hydrogens (tertiary/aromatic N) is 4. The van der Waals surface area contributed by atoms with E-state index in [0.29, 0.717) is 0 Å². The fourth-order valence-corrected chi connectivity index (χ4v) is 8.83. The Balaban J connectivity index is 1.27. The minimum atomic E-state index is 1.01. The quantitative estimate of drug-likeness (QED) is 0.196. The Hall–Kier alpha value is -6.65. The zero-order valence-electron chi connectivity index (χ0n) is 26.3. The maximum atomic E-state index is 5.35. The van der Waals surface area contributed by atoms with Gasteiger partial charge in [-0.05, 0) is 53.2 Å². The highest BCUT2D eigenvalue weighted by Gasteiger charge is 2.27. The molecule has 5 aromatic heterocycles. The highest BCUT2D eigenvalue weighted by molar-refractivity contribution is 6.35. The van der Waals surface area contributed by atoms with E-state index in [1.807, 2.05) is 0 Å². The minimum absolute atomic E-state index is 1.01. The van der Waals surface area contributed by atoms with Gasteiger partial charge < -0.3 is 9.30 Å². The molecule has 0 aliphatic heterocycles. The van der Waals surface area contributed by atoms with Crippen molar-refractivity contribution in [3.8, 4) is 0 Å². The normalized spacial score (nSPS) is 12.5. The van der Waals surface area contributed by atoms with Crippen LogP contribution in [0.2, 0.25) is 0 Å². The van der Waals surface area contributed by atoms with E-state index < -0.39 is 0 Å². The number of fused-ring (bicyclic) bond motifs is 14. The summed E-state index contributed by atoms with van der Waals surface area (Å²) in [5.74, 6) is 0. The molecule has 0 radical (unpaired) electrons. The maximum absolute atomic E-state index is 5.35. The predicted octanol–water partition coefficient (Wildman–Crippen LogP) is 12.0. The summed E-state index contributed by atoms with van der Waals surface area (Å²) >= 11 is 0. The first kappa shape index (κ1) is 25.4. The van der Waals surface area contributed by atoms with Gasteiger partial charge in [-0.25, -0.2) is 4.98 Å². The Bertz CT molecular complexity index is 3220. The van der Waals surface area contributed by atoms with Gasteiger partial charge in [-0.1, -0.05) is 109 Å². The number of hydrogen-bond acceptors (Lipinski definition) is 2. The van der Waals surface area contributed by atoms with Crippen molar-refractivity contribution in [3.05, 3.63) is 158 Å². The molecule has 0 aliphatic carbocycles. The second kappa shape index (κ2) is 9.03. The lowest BCUT2D eigenvalue weighted by Crippen LogP contribution is -2.10. The molecular weight excluding hydrogens is 597 g/mol. The molecule has 0 N–H and O–H groups in total. The van der Waals surface area contributed by atoms with Crippen molar-refractivity contribution in [1.29, 1.82) is 0 Å². The van der Waals surface area contributed by atoms with Crippen molar-refractivity contribution in [2.45, 2.75) is 0 Å². The number of rotatable bonds is 3. The van der Waals surface area contributed by atoms with Gasteiger partial charge in [-0.3, -0.25) is 4.40 Å². The third-order valence-electron chi connectivity index (χ3n) is 10.7. The van der Waals surface area contributed by atoms with Gasteiger partial charge in [-0.2, -0.15) is 0 Å². The molecule has 0 aliphatic rings.